The first-order chi connectivity index (χ1) is 14.2. The van der Waals surface area contributed by atoms with Crippen molar-refractivity contribution in [3.05, 3.63) is 12.2 Å². The first-order valence-corrected chi connectivity index (χ1v) is 11.3. The number of carbonyl (C=O) groups is 2. The van der Waals surface area contributed by atoms with Crippen molar-refractivity contribution < 1.29 is 14.3 Å². The van der Waals surface area contributed by atoms with E-state index in [0.29, 0.717) is 38.3 Å². The molecule has 4 unspecified atom stereocenters. The highest BCUT2D eigenvalue weighted by molar-refractivity contribution is 6.06. The zero-order valence-electron chi connectivity index (χ0n) is 17.4. The molecule has 0 radical (unpaired) electrons. The number of nitrogens with zero attached hydrogens (tertiary/aromatic N) is 2. The molecule has 7 heteroatoms. The van der Waals surface area contributed by atoms with Gasteiger partial charge in [0.25, 0.3) is 0 Å². The lowest BCUT2D eigenvalue weighted by Gasteiger charge is -2.19. The standard InChI is InChI=1S/C22H34N4O3/c1-23-22(25-11-13-29-17-6-4-2-3-5-7-17)24-10-12-26-20(27)18-15-8-9-16(14-15)19(18)21(26)28/h8-9,15-19H,2-7,10-14H2,1H3,(H2,23,24,25). The molecule has 4 atom stereocenters. The Balaban J connectivity index is 1.15. The lowest BCUT2D eigenvalue weighted by Crippen LogP contribution is -2.44. The Morgan fingerprint density at radius 1 is 1.03 bits per heavy atom. The fourth-order valence-corrected chi connectivity index (χ4v) is 5.49. The summed E-state index contributed by atoms with van der Waals surface area (Å²) in [4.78, 5) is 31.1. The van der Waals surface area contributed by atoms with Crippen molar-refractivity contribution in [2.24, 2.45) is 28.7 Å². The number of hydrogen-bond donors (Lipinski definition) is 2. The number of hydrogen-bond acceptors (Lipinski definition) is 4. The molecule has 4 aliphatic rings. The van der Waals surface area contributed by atoms with E-state index in [1.165, 1.54) is 43.4 Å². The summed E-state index contributed by atoms with van der Waals surface area (Å²) in [6.07, 6.45) is 13.2. The number of rotatable bonds is 7. The van der Waals surface area contributed by atoms with Gasteiger partial charge in [-0.2, -0.15) is 0 Å². The van der Waals surface area contributed by atoms with Gasteiger partial charge in [0.2, 0.25) is 11.8 Å². The Morgan fingerprint density at radius 3 is 2.28 bits per heavy atom. The van der Waals surface area contributed by atoms with Crippen LogP contribution in [0.2, 0.25) is 0 Å². The fourth-order valence-electron chi connectivity index (χ4n) is 5.49. The van der Waals surface area contributed by atoms with Gasteiger partial charge in [0.1, 0.15) is 0 Å². The Morgan fingerprint density at radius 2 is 1.66 bits per heavy atom. The van der Waals surface area contributed by atoms with E-state index >= 15 is 0 Å². The van der Waals surface area contributed by atoms with Gasteiger partial charge in [-0.1, -0.05) is 37.8 Å². The number of aliphatic imine (C=N–C) groups is 1. The highest BCUT2D eigenvalue weighted by Crippen LogP contribution is 2.52. The van der Waals surface area contributed by atoms with Crippen molar-refractivity contribution >= 4 is 17.8 Å². The molecule has 2 bridgehead atoms. The fraction of sp³-hybridized carbons (Fsp3) is 0.773. The quantitative estimate of drug-likeness (QED) is 0.169. The predicted octanol–water partition coefficient (Wildman–Crippen LogP) is 1.70. The van der Waals surface area contributed by atoms with Crippen LogP contribution >= 0.6 is 0 Å². The average molecular weight is 403 g/mol. The van der Waals surface area contributed by atoms with Gasteiger partial charge < -0.3 is 15.4 Å². The molecule has 160 valence electrons. The van der Waals surface area contributed by atoms with E-state index in [1.807, 2.05) is 0 Å². The molecule has 1 heterocycles. The molecule has 0 spiro atoms. The van der Waals surface area contributed by atoms with Crippen LogP contribution in [0.1, 0.15) is 44.9 Å². The molecule has 2 amide bonds. The van der Waals surface area contributed by atoms with Crippen LogP contribution in [0, 0.1) is 23.7 Å². The van der Waals surface area contributed by atoms with Crippen LogP contribution < -0.4 is 10.6 Å². The van der Waals surface area contributed by atoms with Crippen LogP contribution in [0.5, 0.6) is 0 Å². The van der Waals surface area contributed by atoms with Crippen molar-refractivity contribution in [1.82, 2.24) is 15.5 Å². The second-order valence-electron chi connectivity index (χ2n) is 8.74. The molecular weight excluding hydrogens is 368 g/mol. The summed E-state index contributed by atoms with van der Waals surface area (Å²) < 4.78 is 5.99. The molecule has 1 saturated heterocycles. The first-order valence-electron chi connectivity index (χ1n) is 11.3. The highest BCUT2D eigenvalue weighted by atomic mass is 16.5. The maximum absolute atomic E-state index is 12.7. The van der Waals surface area contributed by atoms with Gasteiger partial charge in [0.15, 0.2) is 5.96 Å². The van der Waals surface area contributed by atoms with Gasteiger partial charge >= 0.3 is 0 Å². The van der Waals surface area contributed by atoms with Crippen molar-refractivity contribution in [3.63, 3.8) is 0 Å². The number of guanidine groups is 1. The average Bonchev–Trinajstić information content (AvgIpc) is 3.33. The number of likely N-dealkylation sites (tertiary alicyclic amines) is 1. The lowest BCUT2D eigenvalue weighted by atomic mass is 9.85. The zero-order chi connectivity index (χ0) is 20.2. The molecule has 0 aromatic carbocycles. The number of imide groups is 1. The summed E-state index contributed by atoms with van der Waals surface area (Å²) in [5, 5.41) is 6.46. The van der Waals surface area contributed by atoms with Crippen LogP contribution in [0.3, 0.4) is 0 Å². The third-order valence-corrected chi connectivity index (χ3v) is 6.96. The largest absolute Gasteiger partial charge is 0.376 e. The van der Waals surface area contributed by atoms with E-state index < -0.39 is 0 Å². The molecule has 1 aliphatic heterocycles. The number of carbonyl (C=O) groups excluding carboxylic acids is 2. The number of fused-ring (bicyclic) bond motifs is 5. The highest BCUT2D eigenvalue weighted by Gasteiger charge is 2.58. The van der Waals surface area contributed by atoms with Crippen LogP contribution in [-0.4, -0.2) is 62.1 Å². The van der Waals surface area contributed by atoms with E-state index in [4.69, 9.17) is 4.74 Å². The topological polar surface area (TPSA) is 83.0 Å². The number of nitrogens with one attached hydrogen (secondary N) is 2. The minimum atomic E-state index is -0.115. The smallest absolute Gasteiger partial charge is 0.233 e. The molecule has 3 fully saturated rings. The summed E-state index contributed by atoms with van der Waals surface area (Å²) >= 11 is 0. The Bertz CT molecular complexity index is 639. The molecule has 0 aromatic heterocycles. The van der Waals surface area contributed by atoms with Gasteiger partial charge in [-0.05, 0) is 31.1 Å². The van der Waals surface area contributed by atoms with E-state index in [1.54, 1.807) is 7.05 Å². The maximum Gasteiger partial charge on any atom is 0.233 e. The second-order valence-corrected chi connectivity index (χ2v) is 8.74. The van der Waals surface area contributed by atoms with Crippen LogP contribution in [0.15, 0.2) is 17.1 Å². The minimum Gasteiger partial charge on any atom is -0.376 e. The van der Waals surface area contributed by atoms with E-state index in [-0.39, 0.29) is 35.5 Å². The molecule has 0 aromatic rings. The number of allylic oxidation sites excluding steroid dienone is 2. The van der Waals surface area contributed by atoms with Gasteiger partial charge in [-0.25, -0.2) is 0 Å². The van der Waals surface area contributed by atoms with E-state index in [9.17, 15) is 9.59 Å². The first kappa shape index (κ1) is 20.4. The van der Waals surface area contributed by atoms with Gasteiger partial charge in [0, 0.05) is 26.7 Å². The van der Waals surface area contributed by atoms with E-state index in [0.717, 1.165) is 6.42 Å². The van der Waals surface area contributed by atoms with Crippen LogP contribution in [-0.2, 0) is 14.3 Å². The van der Waals surface area contributed by atoms with Gasteiger partial charge in [-0.15, -0.1) is 0 Å². The van der Waals surface area contributed by atoms with E-state index in [2.05, 4.69) is 27.8 Å². The molecular formula is C22H34N4O3. The van der Waals surface area contributed by atoms with Crippen molar-refractivity contribution in [2.75, 3.05) is 33.3 Å². The Labute approximate surface area is 173 Å². The minimum absolute atomic E-state index is 0.0124. The summed E-state index contributed by atoms with van der Waals surface area (Å²) in [5.74, 6) is 1.00. The van der Waals surface area contributed by atoms with Gasteiger partial charge in [0.05, 0.1) is 24.5 Å². The number of amides is 2. The molecule has 29 heavy (non-hydrogen) atoms. The molecule has 2 saturated carbocycles. The Kier molecular flexibility index (Phi) is 6.53. The Hall–Kier alpha value is -1.89. The van der Waals surface area contributed by atoms with Crippen molar-refractivity contribution in [1.29, 1.82) is 0 Å². The third kappa shape index (κ3) is 4.34. The van der Waals surface area contributed by atoms with Gasteiger partial charge in [-0.3, -0.25) is 19.5 Å². The van der Waals surface area contributed by atoms with Crippen molar-refractivity contribution in [2.45, 2.75) is 51.0 Å². The monoisotopic (exact) mass is 402 g/mol. The molecule has 2 N–H and O–H groups in total. The van der Waals surface area contributed by atoms with Crippen LogP contribution in [0.25, 0.3) is 0 Å². The molecule has 3 aliphatic carbocycles. The summed E-state index contributed by atoms with van der Waals surface area (Å²) in [5.41, 5.74) is 0. The lowest BCUT2D eigenvalue weighted by molar-refractivity contribution is -0.140. The summed E-state index contributed by atoms with van der Waals surface area (Å²) in [7, 11) is 1.72. The summed E-state index contributed by atoms with van der Waals surface area (Å²) in [6, 6.07) is 0. The normalized spacial score (nSPS) is 32.0. The second kappa shape index (κ2) is 9.28. The predicted molar refractivity (Wildman–Crippen MR) is 111 cm³/mol. The number of ether oxygens (including phenoxy) is 1. The third-order valence-electron chi connectivity index (χ3n) is 6.96. The summed E-state index contributed by atoms with van der Waals surface area (Å²) in [6.45, 7) is 2.25. The maximum atomic E-state index is 12.7. The van der Waals surface area contributed by atoms with Crippen LogP contribution in [0.4, 0.5) is 0 Å². The molecule has 7 nitrogen and oxygen atoms in total. The van der Waals surface area contributed by atoms with Crippen molar-refractivity contribution in [3.8, 4) is 0 Å². The zero-order valence-corrected chi connectivity index (χ0v) is 17.4. The molecule has 4 rings (SSSR count). The SMILES string of the molecule is CN=C(NCCOC1CCCCCC1)NCCN1C(=O)C2C3C=CC(C3)C2C1=O.